The summed E-state index contributed by atoms with van der Waals surface area (Å²) in [7, 11) is 0. The van der Waals surface area contributed by atoms with Crippen LogP contribution in [0.1, 0.15) is 36.8 Å². The van der Waals surface area contributed by atoms with Crippen LogP contribution in [0, 0.1) is 11.8 Å². The normalized spacial score (nSPS) is 19.9. The molecule has 0 amide bonds. The quantitative estimate of drug-likeness (QED) is 0.708. The summed E-state index contributed by atoms with van der Waals surface area (Å²) >= 11 is 0. The van der Waals surface area contributed by atoms with E-state index < -0.39 is 0 Å². The maximum atomic E-state index is 2.27. The fourth-order valence-electron chi connectivity index (χ4n) is 3.39. The molecule has 1 atom stereocenters. The van der Waals surface area contributed by atoms with Crippen LogP contribution < -0.4 is 0 Å². The molecule has 0 bridgehead atoms. The van der Waals surface area contributed by atoms with Crippen LogP contribution in [0.25, 0.3) is 0 Å². The van der Waals surface area contributed by atoms with Crippen molar-refractivity contribution >= 4 is 0 Å². The second-order valence-corrected chi connectivity index (χ2v) is 5.95. The summed E-state index contributed by atoms with van der Waals surface area (Å²) in [4.78, 5) is 0. The number of hydrogen-bond donors (Lipinski definition) is 0. The molecule has 2 aromatic rings. The van der Waals surface area contributed by atoms with E-state index in [2.05, 4.69) is 60.7 Å². The van der Waals surface area contributed by atoms with Gasteiger partial charge < -0.3 is 0 Å². The molecule has 0 heterocycles. The van der Waals surface area contributed by atoms with Gasteiger partial charge in [0.1, 0.15) is 0 Å². The number of benzene rings is 2. The van der Waals surface area contributed by atoms with Crippen molar-refractivity contribution < 1.29 is 0 Å². The van der Waals surface area contributed by atoms with Crippen molar-refractivity contribution in [2.45, 2.75) is 38.5 Å². The van der Waals surface area contributed by atoms with E-state index in [4.69, 9.17) is 0 Å². The van der Waals surface area contributed by atoms with E-state index in [1.807, 2.05) is 0 Å². The standard InChI is InChI=1S/C20H23/c1-3-9-17(10-4-1)15-19-13-7-8-14-20(19)16-18-11-5-2-6-12-18/h1-6,9-12,19H,7-8,13-16H2. The second kappa shape index (κ2) is 6.74. The first kappa shape index (κ1) is 13.4. The summed E-state index contributed by atoms with van der Waals surface area (Å²) in [5.74, 6) is 2.55. The highest BCUT2D eigenvalue weighted by Crippen LogP contribution is 2.36. The highest BCUT2D eigenvalue weighted by molar-refractivity contribution is 5.23. The summed E-state index contributed by atoms with van der Waals surface area (Å²) < 4.78 is 0. The molecule has 0 N–H and O–H groups in total. The molecule has 0 aliphatic heterocycles. The van der Waals surface area contributed by atoms with Gasteiger partial charge in [0.2, 0.25) is 0 Å². The summed E-state index contributed by atoms with van der Waals surface area (Å²) in [6.45, 7) is 0. The van der Waals surface area contributed by atoms with Crippen molar-refractivity contribution in [1.82, 2.24) is 0 Å². The Labute approximate surface area is 122 Å². The lowest BCUT2D eigenvalue weighted by Crippen LogP contribution is -2.21. The Morgan fingerprint density at radius 1 is 0.750 bits per heavy atom. The topological polar surface area (TPSA) is 0 Å². The summed E-state index contributed by atoms with van der Waals surface area (Å²) in [6.07, 6.45) is 7.88. The van der Waals surface area contributed by atoms with E-state index in [1.54, 1.807) is 5.92 Å². The Morgan fingerprint density at radius 2 is 1.40 bits per heavy atom. The minimum absolute atomic E-state index is 0.784. The molecule has 0 nitrogen and oxygen atoms in total. The number of rotatable bonds is 4. The van der Waals surface area contributed by atoms with E-state index >= 15 is 0 Å². The van der Waals surface area contributed by atoms with Gasteiger partial charge in [0, 0.05) is 0 Å². The smallest absolute Gasteiger partial charge is 0.0163 e. The van der Waals surface area contributed by atoms with Crippen LogP contribution in [0.2, 0.25) is 0 Å². The third-order valence-corrected chi connectivity index (χ3v) is 4.48. The van der Waals surface area contributed by atoms with Crippen LogP contribution in [0.15, 0.2) is 60.7 Å². The molecular formula is C20H23. The number of hydrogen-bond acceptors (Lipinski definition) is 0. The molecule has 1 saturated carbocycles. The molecule has 2 aromatic carbocycles. The largest absolute Gasteiger partial charge is 0.0622 e. The lowest BCUT2D eigenvalue weighted by Gasteiger charge is -2.31. The summed E-state index contributed by atoms with van der Waals surface area (Å²) in [5.41, 5.74) is 2.97. The van der Waals surface area contributed by atoms with Gasteiger partial charge in [0.15, 0.2) is 0 Å². The Balaban J connectivity index is 1.68. The highest BCUT2D eigenvalue weighted by Gasteiger charge is 2.25. The van der Waals surface area contributed by atoms with Crippen molar-refractivity contribution in [2.24, 2.45) is 5.92 Å². The molecule has 0 spiro atoms. The molecule has 1 fully saturated rings. The van der Waals surface area contributed by atoms with Gasteiger partial charge >= 0.3 is 0 Å². The molecule has 0 saturated heterocycles. The Bertz CT molecular complexity index is 451. The fourth-order valence-corrected chi connectivity index (χ4v) is 3.39. The van der Waals surface area contributed by atoms with Crippen molar-refractivity contribution in [1.29, 1.82) is 0 Å². The second-order valence-electron chi connectivity index (χ2n) is 5.95. The monoisotopic (exact) mass is 263 g/mol. The molecule has 0 aromatic heterocycles. The first-order chi connectivity index (χ1) is 9.92. The van der Waals surface area contributed by atoms with Crippen LogP contribution in [0.5, 0.6) is 0 Å². The van der Waals surface area contributed by atoms with E-state index in [9.17, 15) is 0 Å². The van der Waals surface area contributed by atoms with Crippen LogP contribution in [0.4, 0.5) is 0 Å². The first-order valence-electron chi connectivity index (χ1n) is 7.84. The van der Waals surface area contributed by atoms with Crippen molar-refractivity contribution in [3.8, 4) is 0 Å². The van der Waals surface area contributed by atoms with E-state index in [0.717, 1.165) is 5.92 Å². The summed E-state index contributed by atoms with van der Waals surface area (Å²) in [5, 5.41) is 0. The van der Waals surface area contributed by atoms with Gasteiger partial charge in [-0.25, -0.2) is 0 Å². The van der Waals surface area contributed by atoms with E-state index in [1.165, 1.54) is 49.7 Å². The van der Waals surface area contributed by atoms with Crippen LogP contribution in [0.3, 0.4) is 0 Å². The molecule has 1 unspecified atom stereocenters. The molecule has 1 aliphatic rings. The van der Waals surface area contributed by atoms with Gasteiger partial charge in [-0.05, 0) is 48.6 Å². The van der Waals surface area contributed by atoms with Crippen molar-refractivity contribution in [3.63, 3.8) is 0 Å². The fraction of sp³-hybridized carbons (Fsp3) is 0.350. The third-order valence-electron chi connectivity index (χ3n) is 4.48. The van der Waals surface area contributed by atoms with Gasteiger partial charge in [0.05, 0.1) is 0 Å². The zero-order valence-electron chi connectivity index (χ0n) is 12.1. The third kappa shape index (κ3) is 3.50. The average Bonchev–Trinajstić information content (AvgIpc) is 2.51. The summed E-state index contributed by atoms with van der Waals surface area (Å²) in [6, 6.07) is 21.9. The Kier molecular flexibility index (Phi) is 4.53. The van der Waals surface area contributed by atoms with Gasteiger partial charge in [0.25, 0.3) is 0 Å². The maximum Gasteiger partial charge on any atom is -0.0163 e. The van der Waals surface area contributed by atoms with Gasteiger partial charge in [-0.2, -0.15) is 0 Å². The van der Waals surface area contributed by atoms with Crippen molar-refractivity contribution in [3.05, 3.63) is 77.7 Å². The van der Waals surface area contributed by atoms with Gasteiger partial charge in [-0.1, -0.05) is 73.5 Å². The minimum Gasteiger partial charge on any atom is -0.0622 e. The lowest BCUT2D eigenvalue weighted by molar-refractivity contribution is 0.380. The molecule has 103 valence electrons. The SMILES string of the molecule is c1ccc(C[C]2CCCCC2Cc2ccccc2)cc1. The highest BCUT2D eigenvalue weighted by atomic mass is 14.3. The van der Waals surface area contributed by atoms with Gasteiger partial charge in [-0.15, -0.1) is 0 Å². The van der Waals surface area contributed by atoms with Crippen LogP contribution in [-0.2, 0) is 12.8 Å². The molecule has 1 aliphatic carbocycles. The maximum absolute atomic E-state index is 2.27. The molecule has 1 radical (unpaired) electrons. The lowest BCUT2D eigenvalue weighted by atomic mass is 9.73. The first-order valence-corrected chi connectivity index (χ1v) is 7.84. The predicted molar refractivity (Wildman–Crippen MR) is 85.5 cm³/mol. The zero-order chi connectivity index (χ0) is 13.6. The Morgan fingerprint density at radius 3 is 2.10 bits per heavy atom. The predicted octanol–water partition coefficient (Wildman–Crippen LogP) is 5.24. The van der Waals surface area contributed by atoms with E-state index in [0.29, 0.717) is 0 Å². The average molecular weight is 263 g/mol. The molecule has 3 rings (SSSR count). The van der Waals surface area contributed by atoms with Crippen molar-refractivity contribution in [2.75, 3.05) is 0 Å². The van der Waals surface area contributed by atoms with Gasteiger partial charge in [-0.3, -0.25) is 0 Å². The van der Waals surface area contributed by atoms with E-state index in [-0.39, 0.29) is 0 Å². The molecular weight excluding hydrogens is 240 g/mol. The molecule has 20 heavy (non-hydrogen) atoms. The minimum atomic E-state index is 0.784. The zero-order valence-corrected chi connectivity index (χ0v) is 12.1. The van der Waals surface area contributed by atoms with Crippen LogP contribution >= 0.6 is 0 Å². The van der Waals surface area contributed by atoms with Crippen LogP contribution in [-0.4, -0.2) is 0 Å². The Hall–Kier alpha value is -1.56. The molecule has 0 heteroatoms.